The SMILES string of the molecule is C=CCCOCc1ccc(Cl)c([N+](=O)[O-])c1. The number of hydrogen-bond donors (Lipinski definition) is 0. The summed E-state index contributed by atoms with van der Waals surface area (Å²) in [6.07, 6.45) is 2.51. The molecular weight excluding hydrogens is 230 g/mol. The number of hydrogen-bond acceptors (Lipinski definition) is 3. The Labute approximate surface area is 98.6 Å². The number of rotatable bonds is 6. The second kappa shape index (κ2) is 6.25. The van der Waals surface area contributed by atoms with Crippen molar-refractivity contribution in [2.24, 2.45) is 0 Å². The van der Waals surface area contributed by atoms with Crippen molar-refractivity contribution in [2.45, 2.75) is 13.0 Å². The maximum Gasteiger partial charge on any atom is 0.288 e. The lowest BCUT2D eigenvalue weighted by Crippen LogP contribution is -1.96. The van der Waals surface area contributed by atoms with E-state index < -0.39 is 4.92 Å². The maximum absolute atomic E-state index is 10.6. The molecule has 0 saturated carbocycles. The molecule has 0 aliphatic heterocycles. The van der Waals surface area contributed by atoms with Crippen molar-refractivity contribution in [3.8, 4) is 0 Å². The topological polar surface area (TPSA) is 52.4 Å². The molecule has 0 radical (unpaired) electrons. The lowest BCUT2D eigenvalue weighted by Gasteiger charge is -2.03. The van der Waals surface area contributed by atoms with Gasteiger partial charge in [-0.2, -0.15) is 0 Å². The zero-order valence-corrected chi connectivity index (χ0v) is 9.44. The predicted molar refractivity (Wildman–Crippen MR) is 62.6 cm³/mol. The van der Waals surface area contributed by atoms with Gasteiger partial charge < -0.3 is 4.74 Å². The minimum absolute atomic E-state index is 0.0912. The van der Waals surface area contributed by atoms with Crippen LogP contribution in [0.5, 0.6) is 0 Å². The molecular formula is C11H12ClNO3. The fourth-order valence-electron chi connectivity index (χ4n) is 1.14. The van der Waals surface area contributed by atoms with Crippen LogP contribution < -0.4 is 0 Å². The van der Waals surface area contributed by atoms with Crippen LogP contribution in [0.1, 0.15) is 12.0 Å². The van der Waals surface area contributed by atoms with Crippen LogP contribution >= 0.6 is 11.6 Å². The van der Waals surface area contributed by atoms with Crippen LogP contribution in [0.4, 0.5) is 5.69 Å². The first-order valence-corrected chi connectivity index (χ1v) is 5.14. The molecule has 0 atom stereocenters. The summed E-state index contributed by atoms with van der Waals surface area (Å²) in [5.41, 5.74) is 0.645. The van der Waals surface area contributed by atoms with Crippen molar-refractivity contribution in [1.29, 1.82) is 0 Å². The molecule has 0 unspecified atom stereocenters. The molecule has 0 amide bonds. The molecule has 16 heavy (non-hydrogen) atoms. The van der Waals surface area contributed by atoms with Crippen molar-refractivity contribution in [3.63, 3.8) is 0 Å². The predicted octanol–water partition coefficient (Wildman–Crippen LogP) is 3.34. The van der Waals surface area contributed by atoms with Gasteiger partial charge in [0.05, 0.1) is 18.1 Å². The Morgan fingerprint density at radius 1 is 1.56 bits per heavy atom. The smallest absolute Gasteiger partial charge is 0.288 e. The molecule has 0 spiro atoms. The van der Waals surface area contributed by atoms with Gasteiger partial charge in [0.25, 0.3) is 5.69 Å². The number of nitro groups is 1. The summed E-state index contributed by atoms with van der Waals surface area (Å²) in [6.45, 7) is 4.46. The van der Waals surface area contributed by atoms with Crippen molar-refractivity contribution in [1.82, 2.24) is 0 Å². The van der Waals surface area contributed by atoms with Crippen LogP contribution in [0.25, 0.3) is 0 Å². The van der Waals surface area contributed by atoms with Crippen molar-refractivity contribution >= 4 is 17.3 Å². The molecule has 0 aromatic heterocycles. The van der Waals surface area contributed by atoms with Gasteiger partial charge in [-0.3, -0.25) is 10.1 Å². The van der Waals surface area contributed by atoms with Gasteiger partial charge in [-0.1, -0.05) is 23.7 Å². The molecule has 4 nitrogen and oxygen atoms in total. The Hall–Kier alpha value is -1.39. The van der Waals surface area contributed by atoms with Gasteiger partial charge in [-0.15, -0.1) is 6.58 Å². The zero-order valence-electron chi connectivity index (χ0n) is 8.69. The largest absolute Gasteiger partial charge is 0.376 e. The summed E-state index contributed by atoms with van der Waals surface area (Å²) < 4.78 is 5.30. The van der Waals surface area contributed by atoms with Crippen molar-refractivity contribution in [3.05, 3.63) is 51.6 Å². The molecule has 0 aliphatic carbocycles. The van der Waals surface area contributed by atoms with Gasteiger partial charge in [-0.25, -0.2) is 0 Å². The van der Waals surface area contributed by atoms with Gasteiger partial charge in [0, 0.05) is 6.07 Å². The fourth-order valence-corrected chi connectivity index (χ4v) is 1.33. The van der Waals surface area contributed by atoms with Crippen LogP contribution in [0, 0.1) is 10.1 Å². The third-order valence-corrected chi connectivity index (χ3v) is 2.26. The third kappa shape index (κ3) is 3.64. The highest BCUT2D eigenvalue weighted by molar-refractivity contribution is 6.32. The van der Waals surface area contributed by atoms with E-state index in [-0.39, 0.29) is 10.7 Å². The minimum Gasteiger partial charge on any atom is -0.376 e. The first-order chi connectivity index (χ1) is 7.65. The number of ether oxygens (including phenoxy) is 1. The number of nitrogens with zero attached hydrogens (tertiary/aromatic N) is 1. The van der Waals surface area contributed by atoms with E-state index in [0.29, 0.717) is 13.2 Å². The summed E-state index contributed by atoms with van der Waals surface area (Å²) in [4.78, 5) is 10.1. The molecule has 1 rings (SSSR count). The molecule has 1 aromatic rings. The summed E-state index contributed by atoms with van der Waals surface area (Å²) >= 11 is 5.68. The Kier molecular flexibility index (Phi) is 4.95. The van der Waals surface area contributed by atoms with Crippen molar-refractivity contribution < 1.29 is 9.66 Å². The van der Waals surface area contributed by atoms with Gasteiger partial charge in [0.15, 0.2) is 0 Å². The van der Waals surface area contributed by atoms with E-state index in [0.717, 1.165) is 12.0 Å². The molecule has 0 N–H and O–H groups in total. The molecule has 5 heteroatoms. The monoisotopic (exact) mass is 241 g/mol. The summed E-state index contributed by atoms with van der Waals surface area (Å²) in [5.74, 6) is 0. The molecule has 86 valence electrons. The lowest BCUT2D eigenvalue weighted by molar-refractivity contribution is -0.384. The molecule has 0 fully saturated rings. The van der Waals surface area contributed by atoms with Gasteiger partial charge >= 0.3 is 0 Å². The quantitative estimate of drug-likeness (QED) is 0.332. The summed E-state index contributed by atoms with van der Waals surface area (Å²) in [6, 6.07) is 4.64. The first kappa shape index (κ1) is 12.7. The number of nitro benzene ring substituents is 1. The highest BCUT2D eigenvalue weighted by Crippen LogP contribution is 2.25. The summed E-state index contributed by atoms with van der Waals surface area (Å²) in [5, 5.41) is 10.8. The zero-order chi connectivity index (χ0) is 12.0. The molecule has 0 saturated heterocycles. The second-order valence-electron chi connectivity index (χ2n) is 3.17. The molecule has 0 heterocycles. The highest BCUT2D eigenvalue weighted by Gasteiger charge is 2.12. The Balaban J connectivity index is 2.64. The van der Waals surface area contributed by atoms with Crippen LogP contribution in [0.3, 0.4) is 0 Å². The minimum atomic E-state index is -0.504. The van der Waals surface area contributed by atoms with E-state index in [4.69, 9.17) is 16.3 Å². The Bertz CT molecular complexity index is 393. The maximum atomic E-state index is 10.6. The summed E-state index contributed by atoms with van der Waals surface area (Å²) in [7, 11) is 0. The van der Waals surface area contributed by atoms with Gasteiger partial charge in [-0.05, 0) is 18.1 Å². The van der Waals surface area contributed by atoms with Crippen LogP contribution in [0.15, 0.2) is 30.9 Å². The average molecular weight is 242 g/mol. The molecule has 0 aliphatic rings. The number of benzene rings is 1. The van der Waals surface area contributed by atoms with E-state index in [1.165, 1.54) is 12.1 Å². The van der Waals surface area contributed by atoms with Crippen LogP contribution in [-0.4, -0.2) is 11.5 Å². The molecule has 1 aromatic carbocycles. The van der Waals surface area contributed by atoms with E-state index in [1.54, 1.807) is 12.1 Å². The Morgan fingerprint density at radius 3 is 2.94 bits per heavy atom. The lowest BCUT2D eigenvalue weighted by atomic mass is 10.2. The number of halogens is 1. The van der Waals surface area contributed by atoms with Gasteiger partial charge in [0.2, 0.25) is 0 Å². The molecule has 0 bridgehead atoms. The highest BCUT2D eigenvalue weighted by atomic mass is 35.5. The van der Waals surface area contributed by atoms with Gasteiger partial charge in [0.1, 0.15) is 5.02 Å². The van der Waals surface area contributed by atoms with Crippen LogP contribution in [-0.2, 0) is 11.3 Å². The van der Waals surface area contributed by atoms with E-state index >= 15 is 0 Å². The Morgan fingerprint density at radius 2 is 2.31 bits per heavy atom. The normalized spacial score (nSPS) is 10.1. The third-order valence-electron chi connectivity index (χ3n) is 1.94. The second-order valence-corrected chi connectivity index (χ2v) is 3.58. The van der Waals surface area contributed by atoms with Crippen LogP contribution in [0.2, 0.25) is 5.02 Å². The fraction of sp³-hybridized carbons (Fsp3) is 0.273. The standard InChI is InChI=1S/C11H12ClNO3/c1-2-3-6-16-8-9-4-5-10(12)11(7-9)13(14)15/h2,4-5,7H,1,3,6,8H2. The average Bonchev–Trinajstić information content (AvgIpc) is 2.26. The first-order valence-electron chi connectivity index (χ1n) is 4.76. The van der Waals surface area contributed by atoms with E-state index in [1.807, 2.05) is 0 Å². The van der Waals surface area contributed by atoms with Crippen molar-refractivity contribution in [2.75, 3.05) is 6.61 Å². The van der Waals surface area contributed by atoms with E-state index in [2.05, 4.69) is 6.58 Å². The van der Waals surface area contributed by atoms with E-state index in [9.17, 15) is 10.1 Å².